The van der Waals surface area contributed by atoms with Gasteiger partial charge >= 0.3 is 5.69 Å². The lowest BCUT2D eigenvalue weighted by molar-refractivity contribution is 0.0714. The fourth-order valence-electron chi connectivity index (χ4n) is 3.26. The van der Waals surface area contributed by atoms with E-state index in [9.17, 15) is 9.90 Å². The molecule has 130 valence electrons. The second-order valence-electron chi connectivity index (χ2n) is 7.32. The van der Waals surface area contributed by atoms with Crippen LogP contribution in [-0.4, -0.2) is 37.3 Å². The van der Waals surface area contributed by atoms with E-state index in [-0.39, 0.29) is 11.7 Å². The van der Waals surface area contributed by atoms with E-state index < -0.39 is 5.60 Å². The second kappa shape index (κ2) is 6.91. The Kier molecular flexibility index (Phi) is 4.87. The van der Waals surface area contributed by atoms with Gasteiger partial charge < -0.3 is 5.11 Å². The van der Waals surface area contributed by atoms with Crippen LogP contribution in [0, 0.1) is 0 Å². The van der Waals surface area contributed by atoms with Crippen LogP contribution in [0.4, 0.5) is 0 Å². The highest BCUT2D eigenvalue weighted by Crippen LogP contribution is 2.30. The summed E-state index contributed by atoms with van der Waals surface area (Å²) in [5, 5.41) is 16.4. The van der Waals surface area contributed by atoms with Crippen molar-refractivity contribution >= 4 is 0 Å². The third kappa shape index (κ3) is 4.33. The highest BCUT2D eigenvalue weighted by atomic mass is 16.3. The molecule has 24 heavy (non-hydrogen) atoms. The molecule has 1 aliphatic heterocycles. The summed E-state index contributed by atoms with van der Waals surface area (Å²) in [6.45, 7) is 5.55. The number of benzene rings is 1. The van der Waals surface area contributed by atoms with Crippen molar-refractivity contribution in [3.05, 3.63) is 51.7 Å². The van der Waals surface area contributed by atoms with Gasteiger partial charge in [-0.15, -0.1) is 0 Å². The molecule has 0 spiro atoms. The van der Waals surface area contributed by atoms with Crippen LogP contribution in [0.3, 0.4) is 0 Å². The zero-order chi connectivity index (χ0) is 17.2. The smallest absolute Gasteiger partial charge is 0.340 e. The molecule has 0 amide bonds. The van der Waals surface area contributed by atoms with E-state index in [1.807, 2.05) is 13.8 Å². The summed E-state index contributed by atoms with van der Waals surface area (Å²) in [5.74, 6) is 0.735. The quantitative estimate of drug-likeness (QED) is 0.757. The number of nitrogens with zero attached hydrogens (tertiary/aromatic N) is 2. The molecule has 2 aromatic rings. The van der Waals surface area contributed by atoms with Crippen LogP contribution in [0.15, 0.2) is 29.1 Å². The van der Waals surface area contributed by atoms with E-state index >= 15 is 0 Å². The zero-order valence-electron chi connectivity index (χ0n) is 14.4. The number of aryl methyl sites for hydroxylation is 1. The number of likely N-dealkylation sites (tertiary alicyclic amines) is 1. The first kappa shape index (κ1) is 16.9. The van der Waals surface area contributed by atoms with E-state index in [1.54, 1.807) is 0 Å². The Balaban J connectivity index is 1.62. The monoisotopic (exact) mass is 330 g/mol. The average molecular weight is 330 g/mol. The molecule has 1 saturated heterocycles. The van der Waals surface area contributed by atoms with Crippen molar-refractivity contribution < 1.29 is 5.11 Å². The lowest BCUT2D eigenvalue weighted by Gasteiger charge is -2.22. The van der Waals surface area contributed by atoms with Crippen LogP contribution in [0.25, 0.3) is 0 Å². The Morgan fingerprint density at radius 3 is 2.62 bits per heavy atom. The van der Waals surface area contributed by atoms with E-state index in [2.05, 4.69) is 44.3 Å². The number of aromatic amines is 2. The number of H-pyrrole nitrogens is 2. The number of aliphatic hydroxyl groups is 1. The molecule has 1 aliphatic rings. The molecule has 6 heteroatoms. The summed E-state index contributed by atoms with van der Waals surface area (Å²) in [6, 6.07) is 8.77. The van der Waals surface area contributed by atoms with Gasteiger partial charge in [0, 0.05) is 6.54 Å². The van der Waals surface area contributed by atoms with Gasteiger partial charge in [0.15, 0.2) is 0 Å². The molecule has 1 atom stereocenters. The molecule has 0 saturated carbocycles. The highest BCUT2D eigenvalue weighted by molar-refractivity contribution is 5.23. The number of rotatable bonds is 6. The molecule has 6 nitrogen and oxygen atoms in total. The third-order valence-electron chi connectivity index (χ3n) is 4.63. The summed E-state index contributed by atoms with van der Waals surface area (Å²) in [7, 11) is 0. The predicted molar refractivity (Wildman–Crippen MR) is 92.7 cm³/mol. The van der Waals surface area contributed by atoms with Crippen molar-refractivity contribution in [2.45, 2.75) is 57.7 Å². The molecule has 0 unspecified atom stereocenters. The first-order chi connectivity index (χ1) is 11.4. The van der Waals surface area contributed by atoms with E-state index in [1.165, 1.54) is 11.1 Å². The Bertz CT molecular complexity index is 712. The van der Waals surface area contributed by atoms with Gasteiger partial charge in [-0.2, -0.15) is 5.10 Å². The van der Waals surface area contributed by atoms with Crippen molar-refractivity contribution in [2.24, 2.45) is 0 Å². The predicted octanol–water partition coefficient (Wildman–Crippen LogP) is 2.14. The summed E-state index contributed by atoms with van der Waals surface area (Å²) >= 11 is 0. The van der Waals surface area contributed by atoms with Gasteiger partial charge in [-0.25, -0.2) is 9.89 Å². The average Bonchev–Trinajstić information content (AvgIpc) is 3.14. The molecule has 1 fully saturated rings. The minimum absolute atomic E-state index is 0.179. The third-order valence-corrected chi connectivity index (χ3v) is 4.63. The van der Waals surface area contributed by atoms with Gasteiger partial charge in [0.25, 0.3) is 0 Å². The number of hydrogen-bond acceptors (Lipinski definition) is 4. The SMILES string of the molecule is CC(C)(O)CCc1ccc(CN2CCC[C@H]2c2n[nH]c(=O)[nH]2)cc1. The fourth-order valence-corrected chi connectivity index (χ4v) is 3.26. The topological polar surface area (TPSA) is 85.0 Å². The van der Waals surface area contributed by atoms with Gasteiger partial charge in [0.1, 0.15) is 5.82 Å². The molecule has 3 rings (SSSR count). The number of nitrogens with one attached hydrogen (secondary N) is 2. The van der Waals surface area contributed by atoms with E-state index in [0.717, 1.165) is 44.6 Å². The van der Waals surface area contributed by atoms with Gasteiger partial charge in [-0.3, -0.25) is 9.88 Å². The summed E-state index contributed by atoms with van der Waals surface area (Å²) in [4.78, 5) is 16.4. The van der Waals surface area contributed by atoms with E-state index in [0.29, 0.717) is 0 Å². The molecule has 0 radical (unpaired) electrons. The molecule has 3 N–H and O–H groups in total. The summed E-state index contributed by atoms with van der Waals surface area (Å²) in [5.41, 5.74) is 1.64. The summed E-state index contributed by atoms with van der Waals surface area (Å²) < 4.78 is 0. The number of hydrogen-bond donors (Lipinski definition) is 3. The minimum Gasteiger partial charge on any atom is -0.390 e. The number of aromatic nitrogens is 3. The van der Waals surface area contributed by atoms with Gasteiger partial charge in [-0.1, -0.05) is 24.3 Å². The molecule has 1 aromatic carbocycles. The molecule has 0 bridgehead atoms. The lowest BCUT2D eigenvalue weighted by Crippen LogP contribution is -2.24. The maximum atomic E-state index is 11.3. The van der Waals surface area contributed by atoms with Crippen molar-refractivity contribution in [2.75, 3.05) is 6.54 Å². The Labute approximate surface area is 141 Å². The van der Waals surface area contributed by atoms with Crippen molar-refractivity contribution in [1.82, 2.24) is 20.1 Å². The first-order valence-electron chi connectivity index (χ1n) is 8.59. The Morgan fingerprint density at radius 2 is 2.00 bits per heavy atom. The maximum absolute atomic E-state index is 11.3. The van der Waals surface area contributed by atoms with E-state index in [4.69, 9.17) is 0 Å². The molecule has 1 aromatic heterocycles. The minimum atomic E-state index is -0.623. The van der Waals surface area contributed by atoms with Crippen LogP contribution in [0.1, 0.15) is 56.1 Å². The van der Waals surface area contributed by atoms with Crippen molar-refractivity contribution in [3.63, 3.8) is 0 Å². The highest BCUT2D eigenvalue weighted by Gasteiger charge is 2.28. The van der Waals surface area contributed by atoms with Crippen LogP contribution < -0.4 is 5.69 Å². The van der Waals surface area contributed by atoms with Crippen LogP contribution >= 0.6 is 0 Å². The maximum Gasteiger partial charge on any atom is 0.340 e. The molecular formula is C18H26N4O2. The van der Waals surface area contributed by atoms with Gasteiger partial charge in [0.2, 0.25) is 0 Å². The Morgan fingerprint density at radius 1 is 1.29 bits per heavy atom. The zero-order valence-corrected chi connectivity index (χ0v) is 14.4. The largest absolute Gasteiger partial charge is 0.390 e. The van der Waals surface area contributed by atoms with Crippen molar-refractivity contribution in [3.8, 4) is 0 Å². The normalized spacial score (nSPS) is 19.0. The molecule has 2 heterocycles. The standard InChI is InChI=1S/C18H26N4O2/c1-18(2,24)10-9-13-5-7-14(8-6-13)12-22-11-3-4-15(22)16-19-17(23)21-20-16/h5-8,15,24H,3-4,9-12H2,1-2H3,(H2,19,20,21,23)/t15-/m0/s1. The second-order valence-corrected chi connectivity index (χ2v) is 7.32. The van der Waals surface area contributed by atoms with Gasteiger partial charge in [-0.05, 0) is 57.2 Å². The summed E-state index contributed by atoms with van der Waals surface area (Å²) in [6.07, 6.45) is 3.77. The van der Waals surface area contributed by atoms with Crippen LogP contribution in [0.5, 0.6) is 0 Å². The van der Waals surface area contributed by atoms with Crippen molar-refractivity contribution in [1.29, 1.82) is 0 Å². The first-order valence-corrected chi connectivity index (χ1v) is 8.59. The van der Waals surface area contributed by atoms with Crippen LogP contribution in [-0.2, 0) is 13.0 Å². The van der Waals surface area contributed by atoms with Gasteiger partial charge in [0.05, 0.1) is 11.6 Å². The molecular weight excluding hydrogens is 304 g/mol. The Hall–Kier alpha value is -1.92. The molecule has 0 aliphatic carbocycles. The fraction of sp³-hybridized carbons (Fsp3) is 0.556. The lowest BCUT2D eigenvalue weighted by atomic mass is 9.98. The van der Waals surface area contributed by atoms with Crippen LogP contribution in [0.2, 0.25) is 0 Å².